The largest absolute Gasteiger partial charge is 0.369 e. The summed E-state index contributed by atoms with van der Waals surface area (Å²) >= 11 is 0. The third-order valence-corrected chi connectivity index (χ3v) is 4.63. The van der Waals surface area contributed by atoms with Gasteiger partial charge in [-0.25, -0.2) is 9.97 Å². The van der Waals surface area contributed by atoms with E-state index in [-0.39, 0.29) is 11.8 Å². The Morgan fingerprint density at radius 2 is 2.04 bits per heavy atom. The van der Waals surface area contributed by atoms with Gasteiger partial charge in [0.1, 0.15) is 5.82 Å². The molecular weight excluding hydrogens is 314 g/mol. The molecule has 1 aliphatic rings. The SMILES string of the molecule is NC(=O)[C@H]1CCCN(c2nc(-c3cccnc3)nc3ccccc23)C1. The van der Waals surface area contributed by atoms with Gasteiger partial charge >= 0.3 is 0 Å². The zero-order chi connectivity index (χ0) is 17.2. The Morgan fingerprint density at radius 3 is 2.84 bits per heavy atom. The van der Waals surface area contributed by atoms with E-state index < -0.39 is 0 Å². The number of anilines is 1. The summed E-state index contributed by atoms with van der Waals surface area (Å²) in [6.45, 7) is 1.46. The van der Waals surface area contributed by atoms with Crippen molar-refractivity contribution in [2.24, 2.45) is 11.7 Å². The summed E-state index contributed by atoms with van der Waals surface area (Å²) in [7, 11) is 0. The molecule has 2 aromatic heterocycles. The van der Waals surface area contributed by atoms with Crippen molar-refractivity contribution in [2.75, 3.05) is 18.0 Å². The minimum atomic E-state index is -0.240. The van der Waals surface area contributed by atoms with Gasteiger partial charge in [-0.3, -0.25) is 9.78 Å². The van der Waals surface area contributed by atoms with E-state index >= 15 is 0 Å². The molecule has 4 rings (SSSR count). The van der Waals surface area contributed by atoms with Gasteiger partial charge in [0.25, 0.3) is 0 Å². The molecule has 0 unspecified atom stereocenters. The molecule has 0 radical (unpaired) electrons. The number of pyridine rings is 1. The number of piperidine rings is 1. The van der Waals surface area contributed by atoms with E-state index in [2.05, 4.69) is 14.9 Å². The maximum atomic E-state index is 11.6. The first-order valence-corrected chi connectivity index (χ1v) is 8.44. The van der Waals surface area contributed by atoms with Gasteiger partial charge < -0.3 is 10.6 Å². The molecule has 1 fully saturated rings. The predicted molar refractivity (Wildman–Crippen MR) is 96.9 cm³/mol. The van der Waals surface area contributed by atoms with Gasteiger partial charge in [0.2, 0.25) is 5.91 Å². The highest BCUT2D eigenvalue weighted by molar-refractivity contribution is 5.91. The second kappa shape index (κ2) is 6.47. The van der Waals surface area contributed by atoms with Gasteiger partial charge in [-0.15, -0.1) is 0 Å². The van der Waals surface area contributed by atoms with E-state index in [1.165, 1.54) is 0 Å². The number of para-hydroxylation sites is 1. The fraction of sp³-hybridized carbons (Fsp3) is 0.263. The average Bonchev–Trinajstić information content (AvgIpc) is 2.68. The summed E-state index contributed by atoms with van der Waals surface area (Å²) in [6, 6.07) is 11.8. The number of benzene rings is 1. The first kappa shape index (κ1) is 15.5. The quantitative estimate of drug-likeness (QED) is 0.795. The number of carbonyl (C=O) groups excluding carboxylic acids is 1. The number of amides is 1. The van der Waals surface area contributed by atoms with E-state index in [0.29, 0.717) is 12.4 Å². The maximum Gasteiger partial charge on any atom is 0.222 e. The van der Waals surface area contributed by atoms with Crippen molar-refractivity contribution in [3.05, 3.63) is 48.8 Å². The molecule has 0 saturated carbocycles. The molecule has 1 aromatic carbocycles. The third-order valence-electron chi connectivity index (χ3n) is 4.63. The van der Waals surface area contributed by atoms with Crippen LogP contribution in [-0.2, 0) is 4.79 Å². The second-order valence-electron chi connectivity index (χ2n) is 6.32. The normalized spacial score (nSPS) is 17.6. The first-order chi connectivity index (χ1) is 12.2. The zero-order valence-electron chi connectivity index (χ0n) is 13.8. The van der Waals surface area contributed by atoms with E-state index in [4.69, 9.17) is 10.7 Å². The average molecular weight is 333 g/mol. The van der Waals surface area contributed by atoms with Crippen molar-refractivity contribution in [1.29, 1.82) is 0 Å². The Balaban J connectivity index is 1.83. The van der Waals surface area contributed by atoms with E-state index in [1.807, 2.05) is 36.4 Å². The van der Waals surface area contributed by atoms with Crippen LogP contribution in [0.3, 0.4) is 0 Å². The number of primary amides is 1. The summed E-state index contributed by atoms with van der Waals surface area (Å²) in [5.41, 5.74) is 7.29. The number of fused-ring (bicyclic) bond motifs is 1. The molecule has 25 heavy (non-hydrogen) atoms. The van der Waals surface area contributed by atoms with Gasteiger partial charge in [0, 0.05) is 36.4 Å². The lowest BCUT2D eigenvalue weighted by atomic mass is 9.97. The molecular formula is C19H19N5O. The maximum absolute atomic E-state index is 11.6. The lowest BCUT2D eigenvalue weighted by Gasteiger charge is -2.32. The van der Waals surface area contributed by atoms with Crippen LogP contribution >= 0.6 is 0 Å². The first-order valence-electron chi connectivity index (χ1n) is 8.44. The fourth-order valence-corrected chi connectivity index (χ4v) is 3.33. The number of rotatable bonds is 3. The fourth-order valence-electron chi connectivity index (χ4n) is 3.33. The van der Waals surface area contributed by atoms with Crippen molar-refractivity contribution in [3.8, 4) is 11.4 Å². The summed E-state index contributed by atoms with van der Waals surface area (Å²) in [5.74, 6) is 1.12. The van der Waals surface area contributed by atoms with Gasteiger partial charge in [0.05, 0.1) is 11.4 Å². The van der Waals surface area contributed by atoms with Gasteiger partial charge in [0.15, 0.2) is 5.82 Å². The van der Waals surface area contributed by atoms with Crippen LogP contribution in [0.5, 0.6) is 0 Å². The topological polar surface area (TPSA) is 85.0 Å². The van der Waals surface area contributed by atoms with Crippen LogP contribution in [0, 0.1) is 5.92 Å². The molecule has 0 spiro atoms. The van der Waals surface area contributed by atoms with Crippen molar-refractivity contribution < 1.29 is 4.79 Å². The van der Waals surface area contributed by atoms with Crippen molar-refractivity contribution in [3.63, 3.8) is 0 Å². The molecule has 2 N–H and O–H groups in total. The summed E-state index contributed by atoms with van der Waals surface area (Å²) in [5, 5.41) is 0.986. The number of nitrogens with zero attached hydrogens (tertiary/aromatic N) is 4. The Hall–Kier alpha value is -3.02. The molecule has 0 aliphatic carbocycles. The molecule has 6 nitrogen and oxygen atoms in total. The van der Waals surface area contributed by atoms with E-state index in [1.54, 1.807) is 12.4 Å². The van der Waals surface area contributed by atoms with Crippen LogP contribution in [0.15, 0.2) is 48.8 Å². The molecule has 1 aliphatic heterocycles. The molecule has 3 heterocycles. The molecule has 126 valence electrons. The van der Waals surface area contributed by atoms with E-state index in [0.717, 1.165) is 41.7 Å². The van der Waals surface area contributed by atoms with Crippen molar-refractivity contribution >= 4 is 22.6 Å². The monoisotopic (exact) mass is 333 g/mol. The minimum absolute atomic E-state index is 0.135. The molecule has 1 atom stereocenters. The number of hydrogen-bond donors (Lipinski definition) is 1. The predicted octanol–water partition coefficient (Wildman–Crippen LogP) is 2.39. The number of carbonyl (C=O) groups is 1. The lowest BCUT2D eigenvalue weighted by Crippen LogP contribution is -2.41. The minimum Gasteiger partial charge on any atom is -0.369 e. The molecule has 6 heteroatoms. The van der Waals surface area contributed by atoms with Gasteiger partial charge in [-0.2, -0.15) is 0 Å². The summed E-state index contributed by atoms with van der Waals surface area (Å²) < 4.78 is 0. The van der Waals surface area contributed by atoms with Crippen LogP contribution in [0.4, 0.5) is 5.82 Å². The number of hydrogen-bond acceptors (Lipinski definition) is 5. The van der Waals surface area contributed by atoms with Crippen LogP contribution in [0.25, 0.3) is 22.3 Å². The van der Waals surface area contributed by atoms with Crippen molar-refractivity contribution in [2.45, 2.75) is 12.8 Å². The Morgan fingerprint density at radius 1 is 1.16 bits per heavy atom. The number of aromatic nitrogens is 3. The zero-order valence-corrected chi connectivity index (χ0v) is 13.8. The Kier molecular flexibility index (Phi) is 4.01. The molecule has 1 amide bonds. The molecule has 1 saturated heterocycles. The highest BCUT2D eigenvalue weighted by atomic mass is 16.1. The number of nitrogens with two attached hydrogens (primary N) is 1. The Labute approximate surface area is 145 Å². The lowest BCUT2D eigenvalue weighted by molar-refractivity contribution is -0.122. The van der Waals surface area contributed by atoms with Crippen LogP contribution in [0.2, 0.25) is 0 Å². The van der Waals surface area contributed by atoms with E-state index in [9.17, 15) is 4.79 Å². The van der Waals surface area contributed by atoms with Crippen LogP contribution in [0.1, 0.15) is 12.8 Å². The van der Waals surface area contributed by atoms with Crippen LogP contribution in [-0.4, -0.2) is 33.9 Å². The molecule has 0 bridgehead atoms. The standard InChI is InChI=1S/C19H19N5O/c20-17(25)14-6-4-10-24(12-14)19-15-7-1-2-8-16(15)22-18(23-19)13-5-3-9-21-11-13/h1-3,5,7-9,11,14H,4,6,10,12H2,(H2,20,25)/t14-/m0/s1. The summed E-state index contributed by atoms with van der Waals surface area (Å²) in [4.78, 5) is 27.5. The van der Waals surface area contributed by atoms with Gasteiger partial charge in [-0.05, 0) is 37.1 Å². The highest BCUT2D eigenvalue weighted by Gasteiger charge is 2.26. The third kappa shape index (κ3) is 3.03. The Bertz CT molecular complexity index is 912. The second-order valence-corrected chi connectivity index (χ2v) is 6.32. The smallest absolute Gasteiger partial charge is 0.222 e. The van der Waals surface area contributed by atoms with Crippen LogP contribution < -0.4 is 10.6 Å². The highest BCUT2D eigenvalue weighted by Crippen LogP contribution is 2.30. The summed E-state index contributed by atoms with van der Waals surface area (Å²) in [6.07, 6.45) is 5.25. The van der Waals surface area contributed by atoms with Gasteiger partial charge in [-0.1, -0.05) is 12.1 Å². The molecule has 3 aromatic rings. The van der Waals surface area contributed by atoms with Crippen molar-refractivity contribution in [1.82, 2.24) is 15.0 Å².